The summed E-state index contributed by atoms with van der Waals surface area (Å²) < 4.78 is 5.41. The van der Waals surface area contributed by atoms with Crippen molar-refractivity contribution in [3.63, 3.8) is 0 Å². The zero-order valence-corrected chi connectivity index (χ0v) is 20.8. The van der Waals surface area contributed by atoms with E-state index in [0.29, 0.717) is 23.6 Å². The molecule has 8 heteroatoms. The van der Waals surface area contributed by atoms with Gasteiger partial charge < -0.3 is 19.9 Å². The van der Waals surface area contributed by atoms with Crippen LogP contribution in [0.15, 0.2) is 42.5 Å². The molecule has 1 aliphatic rings. The van der Waals surface area contributed by atoms with E-state index in [1.165, 1.54) is 6.07 Å². The molecule has 1 atom stereocenters. The topological polar surface area (TPSA) is 61.9 Å². The third kappa shape index (κ3) is 7.10. The van der Waals surface area contributed by atoms with Crippen LogP contribution >= 0.6 is 23.2 Å². The number of anilines is 1. The Hall–Kier alpha value is -2.28. The monoisotopic (exact) mass is 491 g/mol. The van der Waals surface area contributed by atoms with Crippen LogP contribution in [0.5, 0.6) is 0 Å². The van der Waals surface area contributed by atoms with Crippen molar-refractivity contribution in [2.75, 3.05) is 38.3 Å². The molecular formula is C25H31Cl2N3O3. The van der Waals surface area contributed by atoms with Gasteiger partial charge in [0.2, 0.25) is 5.91 Å². The van der Waals surface area contributed by atoms with Crippen LogP contribution in [0.1, 0.15) is 36.2 Å². The number of likely N-dealkylation sites (N-methyl/N-ethyl adjacent to an activating group) is 1. The third-order valence-electron chi connectivity index (χ3n) is 5.59. The maximum atomic E-state index is 13.2. The van der Waals surface area contributed by atoms with E-state index in [1.54, 1.807) is 24.1 Å². The molecule has 0 saturated carbocycles. The molecular weight excluding hydrogens is 461 g/mol. The maximum absolute atomic E-state index is 13.2. The number of hydrogen-bond donors (Lipinski definition) is 1. The highest BCUT2D eigenvalue weighted by molar-refractivity contribution is 6.36. The van der Waals surface area contributed by atoms with Crippen LogP contribution in [-0.4, -0.2) is 56.1 Å². The van der Waals surface area contributed by atoms with Crippen molar-refractivity contribution in [1.29, 1.82) is 0 Å². The minimum atomic E-state index is -0.651. The van der Waals surface area contributed by atoms with Crippen molar-refractivity contribution in [3.8, 4) is 0 Å². The molecule has 1 aliphatic heterocycles. The van der Waals surface area contributed by atoms with Crippen LogP contribution in [0, 0.1) is 5.92 Å². The lowest BCUT2D eigenvalue weighted by Crippen LogP contribution is -2.47. The Morgan fingerprint density at radius 3 is 2.36 bits per heavy atom. The lowest BCUT2D eigenvalue weighted by molar-refractivity contribution is -0.132. The summed E-state index contributed by atoms with van der Waals surface area (Å²) in [6.07, 6.45) is 0.524. The van der Waals surface area contributed by atoms with E-state index in [-0.39, 0.29) is 22.8 Å². The summed E-state index contributed by atoms with van der Waals surface area (Å²) in [7, 11) is 1.76. The van der Waals surface area contributed by atoms with Gasteiger partial charge in [0.05, 0.1) is 23.8 Å². The normalized spacial score (nSPS) is 14.8. The molecule has 1 fully saturated rings. The minimum Gasteiger partial charge on any atom is -0.378 e. The van der Waals surface area contributed by atoms with Crippen LogP contribution in [0.25, 0.3) is 0 Å². The van der Waals surface area contributed by atoms with Gasteiger partial charge in [0.1, 0.15) is 6.04 Å². The van der Waals surface area contributed by atoms with Crippen molar-refractivity contribution in [3.05, 3.63) is 63.6 Å². The van der Waals surface area contributed by atoms with E-state index in [1.807, 2.05) is 26.0 Å². The van der Waals surface area contributed by atoms with Gasteiger partial charge in [-0.05, 0) is 48.2 Å². The second kappa shape index (κ2) is 11.7. The van der Waals surface area contributed by atoms with Gasteiger partial charge in [0.25, 0.3) is 5.91 Å². The average Bonchev–Trinajstić information content (AvgIpc) is 2.78. The summed E-state index contributed by atoms with van der Waals surface area (Å²) in [6, 6.07) is 12.3. The molecule has 1 heterocycles. The highest BCUT2D eigenvalue weighted by Gasteiger charge is 2.26. The van der Waals surface area contributed by atoms with Crippen LogP contribution in [-0.2, 0) is 16.1 Å². The molecule has 1 N–H and O–H groups in total. The Morgan fingerprint density at radius 2 is 1.76 bits per heavy atom. The highest BCUT2D eigenvalue weighted by Crippen LogP contribution is 2.22. The molecule has 0 aromatic heterocycles. The number of amides is 2. The summed E-state index contributed by atoms with van der Waals surface area (Å²) in [5.74, 6) is -0.306. The second-order valence-corrected chi connectivity index (χ2v) is 9.58. The van der Waals surface area contributed by atoms with Gasteiger partial charge in [-0.25, -0.2) is 0 Å². The molecule has 1 unspecified atom stereocenters. The zero-order chi connectivity index (χ0) is 24.0. The minimum absolute atomic E-state index is 0.139. The molecule has 6 nitrogen and oxygen atoms in total. The lowest BCUT2D eigenvalue weighted by Gasteiger charge is -2.29. The van der Waals surface area contributed by atoms with E-state index < -0.39 is 6.04 Å². The van der Waals surface area contributed by atoms with E-state index in [9.17, 15) is 9.59 Å². The first kappa shape index (κ1) is 25.3. The quantitative estimate of drug-likeness (QED) is 0.584. The summed E-state index contributed by atoms with van der Waals surface area (Å²) in [5.41, 5.74) is 2.48. The van der Waals surface area contributed by atoms with Crippen molar-refractivity contribution < 1.29 is 14.3 Å². The molecule has 0 bridgehead atoms. The first-order valence-electron chi connectivity index (χ1n) is 11.2. The van der Waals surface area contributed by atoms with Crippen LogP contribution < -0.4 is 10.2 Å². The van der Waals surface area contributed by atoms with Crippen molar-refractivity contribution in [1.82, 2.24) is 10.2 Å². The molecule has 2 aromatic carbocycles. The fourth-order valence-electron chi connectivity index (χ4n) is 3.85. The Labute approximate surface area is 205 Å². The molecule has 0 aliphatic carbocycles. The number of hydrogen-bond acceptors (Lipinski definition) is 4. The number of morpholine rings is 1. The first-order chi connectivity index (χ1) is 15.7. The number of rotatable bonds is 8. The third-order valence-corrected chi connectivity index (χ3v) is 6.14. The van der Waals surface area contributed by atoms with Crippen molar-refractivity contribution in [2.24, 2.45) is 5.92 Å². The van der Waals surface area contributed by atoms with Gasteiger partial charge >= 0.3 is 0 Å². The summed E-state index contributed by atoms with van der Waals surface area (Å²) >= 11 is 12.1. The standard InChI is InChI=1S/C25H31Cl2N3O3/c1-17(2)14-23(28-24(31)21-9-6-19(26)15-22(21)27)25(32)29(3)16-18-4-7-20(8-5-18)30-10-12-33-13-11-30/h4-9,15,17,23H,10-14,16H2,1-3H3,(H,28,31). The molecule has 0 radical (unpaired) electrons. The molecule has 1 saturated heterocycles. The number of carbonyl (C=O) groups excluding carboxylic acids is 2. The molecule has 3 rings (SSSR count). The van der Waals surface area contributed by atoms with Crippen LogP contribution in [0.2, 0.25) is 10.0 Å². The number of nitrogens with zero attached hydrogens (tertiary/aromatic N) is 2. The van der Waals surface area contributed by atoms with Crippen molar-refractivity contribution >= 4 is 40.7 Å². The van der Waals surface area contributed by atoms with E-state index in [2.05, 4.69) is 22.3 Å². The fourth-order valence-corrected chi connectivity index (χ4v) is 4.35. The second-order valence-electron chi connectivity index (χ2n) is 8.74. The predicted octanol–water partition coefficient (Wildman–Crippen LogP) is 4.63. The molecule has 178 valence electrons. The van der Waals surface area contributed by atoms with E-state index >= 15 is 0 Å². The predicted molar refractivity (Wildman–Crippen MR) is 133 cm³/mol. The lowest BCUT2D eigenvalue weighted by atomic mass is 10.0. The fraction of sp³-hybridized carbons (Fsp3) is 0.440. The first-order valence-corrected chi connectivity index (χ1v) is 11.9. The summed E-state index contributed by atoms with van der Waals surface area (Å²) in [6.45, 7) is 7.73. The Kier molecular flexibility index (Phi) is 9.01. The molecule has 2 aromatic rings. The number of benzene rings is 2. The van der Waals surface area contributed by atoms with Crippen LogP contribution in [0.4, 0.5) is 5.69 Å². The van der Waals surface area contributed by atoms with Gasteiger partial charge in [-0.2, -0.15) is 0 Å². The van der Waals surface area contributed by atoms with E-state index in [4.69, 9.17) is 27.9 Å². The van der Waals surface area contributed by atoms with Gasteiger partial charge in [-0.15, -0.1) is 0 Å². The zero-order valence-electron chi connectivity index (χ0n) is 19.3. The number of halogens is 2. The van der Waals surface area contributed by atoms with Gasteiger partial charge in [-0.3, -0.25) is 9.59 Å². The van der Waals surface area contributed by atoms with Crippen molar-refractivity contribution in [2.45, 2.75) is 32.9 Å². The smallest absolute Gasteiger partial charge is 0.253 e. The number of nitrogens with one attached hydrogen (secondary N) is 1. The summed E-state index contributed by atoms with van der Waals surface area (Å²) in [4.78, 5) is 30.0. The molecule has 2 amide bonds. The maximum Gasteiger partial charge on any atom is 0.253 e. The number of carbonyl (C=O) groups is 2. The largest absolute Gasteiger partial charge is 0.378 e. The molecule has 33 heavy (non-hydrogen) atoms. The Morgan fingerprint density at radius 1 is 1.09 bits per heavy atom. The molecule has 0 spiro atoms. The van der Waals surface area contributed by atoms with E-state index in [0.717, 1.165) is 37.6 Å². The van der Waals surface area contributed by atoms with Gasteiger partial charge in [0, 0.05) is 37.4 Å². The highest BCUT2D eigenvalue weighted by atomic mass is 35.5. The number of ether oxygens (including phenoxy) is 1. The van der Waals surface area contributed by atoms with Crippen LogP contribution in [0.3, 0.4) is 0 Å². The van der Waals surface area contributed by atoms with Gasteiger partial charge in [-0.1, -0.05) is 49.2 Å². The van der Waals surface area contributed by atoms with Gasteiger partial charge in [0.15, 0.2) is 0 Å². The SMILES string of the molecule is CC(C)CC(NC(=O)c1ccc(Cl)cc1Cl)C(=O)N(C)Cc1ccc(N2CCOCC2)cc1. The summed E-state index contributed by atoms with van der Waals surface area (Å²) in [5, 5.41) is 3.57. The average molecular weight is 492 g/mol. The Balaban J connectivity index is 1.66. The Bertz CT molecular complexity index is 960.